The van der Waals surface area contributed by atoms with Gasteiger partial charge in [0.15, 0.2) is 0 Å². The van der Waals surface area contributed by atoms with Crippen LogP contribution < -0.4 is 10.6 Å². The average Bonchev–Trinajstić information content (AvgIpc) is 2.48. The van der Waals surface area contributed by atoms with Gasteiger partial charge in [0.05, 0.1) is 5.69 Å². The number of halogens is 1. The summed E-state index contributed by atoms with van der Waals surface area (Å²) in [7, 11) is 0. The summed E-state index contributed by atoms with van der Waals surface area (Å²) < 4.78 is 13.4. The maximum absolute atomic E-state index is 13.4. The van der Waals surface area contributed by atoms with E-state index in [9.17, 15) is 19.1 Å². The fourth-order valence-electron chi connectivity index (χ4n) is 2.71. The quantitative estimate of drug-likeness (QED) is 0.798. The van der Waals surface area contributed by atoms with E-state index in [0.29, 0.717) is 0 Å². The second kappa shape index (κ2) is 7.06. The summed E-state index contributed by atoms with van der Waals surface area (Å²) in [5.74, 6) is -1.68. The van der Waals surface area contributed by atoms with Crippen molar-refractivity contribution in [3.8, 4) is 0 Å². The standard InChI is InChI=1S/C15H19FN2O3/c16-11-8-4-5-9-12(11)17-15(21)18-13(14(19)20)10-6-2-1-3-7-10/h4-5,8-10,13H,1-3,6-7H2,(H,19,20)(H2,17,18,21). The molecule has 2 amide bonds. The predicted molar refractivity (Wildman–Crippen MR) is 76.6 cm³/mol. The number of rotatable bonds is 4. The number of carbonyl (C=O) groups is 2. The molecule has 2 rings (SSSR count). The Morgan fingerprint density at radius 2 is 1.86 bits per heavy atom. The number of carbonyl (C=O) groups excluding carboxylic acids is 1. The average molecular weight is 294 g/mol. The first-order valence-electron chi connectivity index (χ1n) is 7.13. The normalized spacial score (nSPS) is 17.0. The molecule has 1 saturated carbocycles. The van der Waals surface area contributed by atoms with Crippen LogP contribution in [0.3, 0.4) is 0 Å². The van der Waals surface area contributed by atoms with E-state index in [0.717, 1.165) is 32.1 Å². The van der Waals surface area contributed by atoms with Crippen molar-refractivity contribution in [1.29, 1.82) is 0 Å². The maximum atomic E-state index is 13.4. The second-order valence-electron chi connectivity index (χ2n) is 5.29. The fraction of sp³-hybridized carbons (Fsp3) is 0.467. The Labute approximate surface area is 122 Å². The molecule has 0 radical (unpaired) electrons. The van der Waals surface area contributed by atoms with Crippen LogP contribution in [0.2, 0.25) is 0 Å². The van der Waals surface area contributed by atoms with Crippen LogP contribution in [0.1, 0.15) is 32.1 Å². The third-order valence-corrected chi connectivity index (χ3v) is 3.80. The summed E-state index contributed by atoms with van der Waals surface area (Å²) in [5.41, 5.74) is 0.0304. The molecule has 0 heterocycles. The molecule has 1 aliphatic carbocycles. The van der Waals surface area contributed by atoms with Gasteiger partial charge in [-0.05, 0) is 30.9 Å². The van der Waals surface area contributed by atoms with Crippen LogP contribution in [0, 0.1) is 11.7 Å². The highest BCUT2D eigenvalue weighted by molar-refractivity contribution is 5.92. The van der Waals surface area contributed by atoms with Crippen LogP contribution in [0.4, 0.5) is 14.9 Å². The lowest BCUT2D eigenvalue weighted by Gasteiger charge is -2.28. The van der Waals surface area contributed by atoms with E-state index in [-0.39, 0.29) is 11.6 Å². The summed E-state index contributed by atoms with van der Waals surface area (Å²) in [6.45, 7) is 0. The van der Waals surface area contributed by atoms with Gasteiger partial charge in [-0.1, -0.05) is 31.4 Å². The van der Waals surface area contributed by atoms with Gasteiger partial charge in [-0.2, -0.15) is 0 Å². The van der Waals surface area contributed by atoms with E-state index >= 15 is 0 Å². The monoisotopic (exact) mass is 294 g/mol. The third-order valence-electron chi connectivity index (χ3n) is 3.80. The first kappa shape index (κ1) is 15.3. The number of nitrogens with one attached hydrogen (secondary N) is 2. The number of amides is 2. The van der Waals surface area contributed by atoms with E-state index in [4.69, 9.17) is 0 Å². The molecular weight excluding hydrogens is 275 g/mol. The maximum Gasteiger partial charge on any atom is 0.326 e. The van der Waals surface area contributed by atoms with Gasteiger partial charge in [0.25, 0.3) is 0 Å². The first-order chi connectivity index (χ1) is 10.1. The molecule has 114 valence electrons. The van der Waals surface area contributed by atoms with Crippen molar-refractivity contribution in [3.63, 3.8) is 0 Å². The molecule has 1 aromatic rings. The van der Waals surface area contributed by atoms with Crippen LogP contribution in [0.15, 0.2) is 24.3 Å². The molecule has 3 N–H and O–H groups in total. The molecule has 1 fully saturated rings. The molecule has 0 saturated heterocycles. The Morgan fingerprint density at radius 1 is 1.19 bits per heavy atom. The number of para-hydroxylation sites is 1. The predicted octanol–water partition coefficient (Wildman–Crippen LogP) is 2.98. The first-order valence-corrected chi connectivity index (χ1v) is 7.13. The van der Waals surface area contributed by atoms with Crippen molar-refractivity contribution in [2.24, 2.45) is 5.92 Å². The van der Waals surface area contributed by atoms with Gasteiger partial charge in [-0.3, -0.25) is 0 Å². The van der Waals surface area contributed by atoms with Gasteiger partial charge >= 0.3 is 12.0 Å². The molecule has 1 atom stereocenters. The summed E-state index contributed by atoms with van der Waals surface area (Å²) in [5, 5.41) is 14.1. The minimum atomic E-state index is -1.05. The number of carboxylic acid groups (broad SMARTS) is 1. The number of hydrogen-bond donors (Lipinski definition) is 3. The van der Waals surface area contributed by atoms with Crippen LogP contribution in [-0.2, 0) is 4.79 Å². The minimum Gasteiger partial charge on any atom is -0.480 e. The van der Waals surface area contributed by atoms with E-state index in [1.807, 2.05) is 0 Å². The van der Waals surface area contributed by atoms with Gasteiger partial charge in [-0.25, -0.2) is 14.0 Å². The number of benzene rings is 1. The molecule has 0 aliphatic heterocycles. The summed E-state index contributed by atoms with van der Waals surface area (Å²) in [6, 6.07) is 4.13. The second-order valence-corrected chi connectivity index (χ2v) is 5.29. The number of aliphatic carboxylic acids is 1. The smallest absolute Gasteiger partial charge is 0.326 e. The molecule has 0 bridgehead atoms. The van der Waals surface area contributed by atoms with Gasteiger partial charge in [0, 0.05) is 0 Å². The molecular formula is C15H19FN2O3. The largest absolute Gasteiger partial charge is 0.480 e. The SMILES string of the molecule is O=C(Nc1ccccc1F)NC(C(=O)O)C1CCCCC1. The van der Waals surface area contributed by atoms with Crippen LogP contribution in [-0.4, -0.2) is 23.1 Å². The van der Waals surface area contributed by atoms with Crippen molar-refractivity contribution in [3.05, 3.63) is 30.1 Å². The summed E-state index contributed by atoms with van der Waals surface area (Å²) in [6.07, 6.45) is 4.63. The van der Waals surface area contributed by atoms with Crippen molar-refractivity contribution in [2.75, 3.05) is 5.32 Å². The zero-order chi connectivity index (χ0) is 15.2. The molecule has 0 spiro atoms. The lowest BCUT2D eigenvalue weighted by atomic mass is 9.84. The lowest BCUT2D eigenvalue weighted by molar-refractivity contribution is -0.141. The number of carboxylic acids is 1. The Bertz CT molecular complexity index is 515. The molecule has 1 unspecified atom stereocenters. The van der Waals surface area contributed by atoms with Crippen molar-refractivity contribution in [2.45, 2.75) is 38.1 Å². The molecule has 6 heteroatoms. The molecule has 21 heavy (non-hydrogen) atoms. The molecule has 1 aliphatic rings. The summed E-state index contributed by atoms with van der Waals surface area (Å²) in [4.78, 5) is 23.2. The highest BCUT2D eigenvalue weighted by Gasteiger charge is 2.30. The molecule has 1 aromatic carbocycles. The minimum absolute atomic E-state index is 0.0304. The van der Waals surface area contributed by atoms with E-state index in [1.54, 1.807) is 6.07 Å². The van der Waals surface area contributed by atoms with Gasteiger partial charge in [0.2, 0.25) is 0 Å². The van der Waals surface area contributed by atoms with E-state index < -0.39 is 23.9 Å². The highest BCUT2D eigenvalue weighted by atomic mass is 19.1. The molecule has 0 aromatic heterocycles. The van der Waals surface area contributed by atoms with Crippen molar-refractivity contribution in [1.82, 2.24) is 5.32 Å². The van der Waals surface area contributed by atoms with Gasteiger partial charge < -0.3 is 15.7 Å². The van der Waals surface area contributed by atoms with Gasteiger partial charge in [0.1, 0.15) is 11.9 Å². The van der Waals surface area contributed by atoms with Crippen LogP contribution in [0.25, 0.3) is 0 Å². The zero-order valence-corrected chi connectivity index (χ0v) is 11.6. The van der Waals surface area contributed by atoms with E-state index in [1.165, 1.54) is 18.2 Å². The molecule has 5 nitrogen and oxygen atoms in total. The lowest BCUT2D eigenvalue weighted by Crippen LogP contribution is -2.48. The van der Waals surface area contributed by atoms with Crippen molar-refractivity contribution < 1.29 is 19.1 Å². The van der Waals surface area contributed by atoms with Crippen molar-refractivity contribution >= 4 is 17.7 Å². The highest BCUT2D eigenvalue weighted by Crippen LogP contribution is 2.26. The third kappa shape index (κ3) is 4.18. The Hall–Kier alpha value is -2.11. The number of anilines is 1. The Balaban J connectivity index is 1.98. The van der Waals surface area contributed by atoms with Crippen LogP contribution in [0.5, 0.6) is 0 Å². The zero-order valence-electron chi connectivity index (χ0n) is 11.6. The number of urea groups is 1. The fourth-order valence-corrected chi connectivity index (χ4v) is 2.71. The Kier molecular flexibility index (Phi) is 5.14. The van der Waals surface area contributed by atoms with Crippen LogP contribution >= 0.6 is 0 Å². The van der Waals surface area contributed by atoms with Gasteiger partial charge in [-0.15, -0.1) is 0 Å². The summed E-state index contributed by atoms with van der Waals surface area (Å²) >= 11 is 0. The van der Waals surface area contributed by atoms with E-state index in [2.05, 4.69) is 10.6 Å². The Morgan fingerprint density at radius 3 is 2.48 bits per heavy atom. The topological polar surface area (TPSA) is 78.4 Å². The number of hydrogen-bond acceptors (Lipinski definition) is 2.